The summed E-state index contributed by atoms with van der Waals surface area (Å²) in [6.45, 7) is 3.37. The minimum absolute atomic E-state index is 0.146. The monoisotopic (exact) mass is 253 g/mol. The Hall–Kier alpha value is -1.06. The molecular weight excluding hydrogens is 230 g/mol. The Morgan fingerprint density at radius 3 is 2.67 bits per heavy atom. The Kier molecular flexibility index (Phi) is 3.93. The Morgan fingerprint density at radius 1 is 1.44 bits per heavy atom. The molecule has 1 unspecified atom stereocenters. The number of carboxylic acids is 1. The Morgan fingerprint density at radius 2 is 2.11 bits per heavy atom. The van der Waals surface area contributed by atoms with Crippen LogP contribution in [-0.2, 0) is 9.59 Å². The van der Waals surface area contributed by atoms with Crippen molar-refractivity contribution in [3.05, 3.63) is 0 Å². The van der Waals surface area contributed by atoms with Gasteiger partial charge in [-0.2, -0.15) is 0 Å². The highest BCUT2D eigenvalue weighted by atomic mass is 16.4. The summed E-state index contributed by atoms with van der Waals surface area (Å²) in [5, 5.41) is 9.09. The molecule has 4 heteroatoms. The molecule has 1 N–H and O–H groups in total. The van der Waals surface area contributed by atoms with Gasteiger partial charge in [-0.3, -0.25) is 9.59 Å². The number of carbonyl (C=O) groups excluding carboxylic acids is 1. The number of carboxylic acid groups (broad SMARTS) is 1. The lowest BCUT2D eigenvalue weighted by Gasteiger charge is -2.38. The number of likely N-dealkylation sites (tertiary alicyclic amines) is 1. The molecule has 2 rings (SSSR count). The second kappa shape index (κ2) is 5.29. The fourth-order valence-corrected chi connectivity index (χ4v) is 3.42. The summed E-state index contributed by atoms with van der Waals surface area (Å²) in [7, 11) is 0. The molecule has 1 heterocycles. The molecule has 1 atom stereocenters. The highest BCUT2D eigenvalue weighted by Crippen LogP contribution is 2.42. The summed E-state index contributed by atoms with van der Waals surface area (Å²) in [4.78, 5) is 24.8. The molecule has 0 aromatic rings. The molecule has 0 bridgehead atoms. The lowest BCUT2D eigenvalue weighted by atomic mass is 9.82. The first-order chi connectivity index (χ1) is 8.56. The first kappa shape index (κ1) is 13.4. The SMILES string of the molecule is CCC1(CN2CC(C(=O)O)CCC2=O)CCCC1. The van der Waals surface area contributed by atoms with E-state index < -0.39 is 5.97 Å². The fraction of sp³-hybridized carbons (Fsp3) is 0.857. The Labute approximate surface area is 108 Å². The van der Waals surface area contributed by atoms with Gasteiger partial charge in [-0.05, 0) is 31.1 Å². The van der Waals surface area contributed by atoms with Crippen LogP contribution in [0.2, 0.25) is 0 Å². The molecule has 1 amide bonds. The summed E-state index contributed by atoms with van der Waals surface area (Å²) < 4.78 is 0. The van der Waals surface area contributed by atoms with Crippen LogP contribution in [0.3, 0.4) is 0 Å². The number of hydrogen-bond donors (Lipinski definition) is 1. The van der Waals surface area contributed by atoms with Crippen LogP contribution in [0.1, 0.15) is 51.9 Å². The van der Waals surface area contributed by atoms with Gasteiger partial charge in [0.2, 0.25) is 5.91 Å². The second-order valence-corrected chi connectivity index (χ2v) is 5.91. The quantitative estimate of drug-likeness (QED) is 0.836. The molecule has 2 fully saturated rings. The van der Waals surface area contributed by atoms with Crippen LogP contribution in [0, 0.1) is 11.3 Å². The summed E-state index contributed by atoms with van der Waals surface area (Å²) >= 11 is 0. The van der Waals surface area contributed by atoms with Gasteiger partial charge < -0.3 is 10.0 Å². The number of hydrogen-bond acceptors (Lipinski definition) is 2. The van der Waals surface area contributed by atoms with Gasteiger partial charge in [-0.25, -0.2) is 0 Å². The first-order valence-electron chi connectivity index (χ1n) is 7.07. The summed E-state index contributed by atoms with van der Waals surface area (Å²) in [6, 6.07) is 0. The molecule has 1 aliphatic heterocycles. The van der Waals surface area contributed by atoms with Gasteiger partial charge in [0.1, 0.15) is 0 Å². The van der Waals surface area contributed by atoms with E-state index in [1.807, 2.05) is 4.90 Å². The van der Waals surface area contributed by atoms with E-state index in [9.17, 15) is 9.59 Å². The molecule has 1 aliphatic carbocycles. The van der Waals surface area contributed by atoms with Gasteiger partial charge in [-0.1, -0.05) is 19.8 Å². The van der Waals surface area contributed by atoms with Crippen LogP contribution >= 0.6 is 0 Å². The van der Waals surface area contributed by atoms with Crippen LogP contribution in [0.4, 0.5) is 0 Å². The molecule has 0 aromatic heterocycles. The van der Waals surface area contributed by atoms with Gasteiger partial charge in [0.05, 0.1) is 5.92 Å². The maximum atomic E-state index is 11.9. The van der Waals surface area contributed by atoms with Crippen molar-refractivity contribution in [2.24, 2.45) is 11.3 Å². The van der Waals surface area contributed by atoms with Crippen LogP contribution in [0.25, 0.3) is 0 Å². The molecule has 2 aliphatic rings. The zero-order valence-electron chi connectivity index (χ0n) is 11.2. The number of aliphatic carboxylic acids is 1. The number of amides is 1. The molecule has 1 saturated carbocycles. The third kappa shape index (κ3) is 2.68. The first-order valence-corrected chi connectivity index (χ1v) is 7.07. The van der Waals surface area contributed by atoms with Gasteiger partial charge in [0.25, 0.3) is 0 Å². The van der Waals surface area contributed by atoms with Crippen molar-refractivity contribution in [2.45, 2.75) is 51.9 Å². The van der Waals surface area contributed by atoms with Crippen molar-refractivity contribution in [1.29, 1.82) is 0 Å². The van der Waals surface area contributed by atoms with Gasteiger partial charge >= 0.3 is 5.97 Å². The maximum absolute atomic E-state index is 11.9. The van der Waals surface area contributed by atoms with E-state index in [1.165, 1.54) is 25.7 Å². The number of rotatable bonds is 4. The molecule has 18 heavy (non-hydrogen) atoms. The summed E-state index contributed by atoms with van der Waals surface area (Å²) in [5.74, 6) is -0.977. The van der Waals surface area contributed by atoms with Crippen molar-refractivity contribution >= 4 is 11.9 Å². The van der Waals surface area contributed by atoms with Crippen molar-refractivity contribution in [2.75, 3.05) is 13.1 Å². The minimum Gasteiger partial charge on any atom is -0.481 e. The van der Waals surface area contributed by atoms with E-state index in [-0.39, 0.29) is 17.2 Å². The fourth-order valence-electron chi connectivity index (χ4n) is 3.42. The molecule has 102 valence electrons. The van der Waals surface area contributed by atoms with Gasteiger partial charge in [0, 0.05) is 19.5 Å². The average molecular weight is 253 g/mol. The van der Waals surface area contributed by atoms with E-state index in [0.29, 0.717) is 19.4 Å². The average Bonchev–Trinajstić information content (AvgIpc) is 2.81. The van der Waals surface area contributed by atoms with Crippen molar-refractivity contribution in [3.63, 3.8) is 0 Å². The Bertz CT molecular complexity index is 334. The van der Waals surface area contributed by atoms with Crippen LogP contribution < -0.4 is 0 Å². The zero-order chi connectivity index (χ0) is 13.2. The second-order valence-electron chi connectivity index (χ2n) is 5.91. The predicted octanol–water partition coefficient (Wildman–Crippen LogP) is 2.28. The molecule has 1 saturated heterocycles. The van der Waals surface area contributed by atoms with Crippen LogP contribution in [-0.4, -0.2) is 35.0 Å². The highest BCUT2D eigenvalue weighted by molar-refractivity contribution is 5.80. The highest BCUT2D eigenvalue weighted by Gasteiger charge is 2.38. The lowest BCUT2D eigenvalue weighted by Crippen LogP contribution is -2.47. The predicted molar refractivity (Wildman–Crippen MR) is 68.1 cm³/mol. The van der Waals surface area contributed by atoms with E-state index in [4.69, 9.17) is 5.11 Å². The molecular formula is C14H23NO3. The topological polar surface area (TPSA) is 57.6 Å². The van der Waals surface area contributed by atoms with E-state index in [1.54, 1.807) is 0 Å². The third-order valence-corrected chi connectivity index (χ3v) is 4.79. The number of carbonyl (C=O) groups is 2. The molecule has 0 radical (unpaired) electrons. The van der Waals surface area contributed by atoms with Crippen LogP contribution in [0.15, 0.2) is 0 Å². The van der Waals surface area contributed by atoms with E-state index in [0.717, 1.165) is 13.0 Å². The summed E-state index contributed by atoms with van der Waals surface area (Å²) in [6.07, 6.45) is 6.86. The molecule has 4 nitrogen and oxygen atoms in total. The lowest BCUT2D eigenvalue weighted by molar-refractivity contribution is -0.148. The smallest absolute Gasteiger partial charge is 0.308 e. The van der Waals surface area contributed by atoms with Gasteiger partial charge in [0.15, 0.2) is 0 Å². The normalized spacial score (nSPS) is 27.5. The molecule has 0 aromatic carbocycles. The zero-order valence-corrected chi connectivity index (χ0v) is 11.2. The molecule has 0 spiro atoms. The van der Waals surface area contributed by atoms with Crippen LogP contribution in [0.5, 0.6) is 0 Å². The van der Waals surface area contributed by atoms with Crippen molar-refractivity contribution < 1.29 is 14.7 Å². The summed E-state index contributed by atoms with van der Waals surface area (Å²) in [5.41, 5.74) is 0.260. The number of nitrogens with zero attached hydrogens (tertiary/aromatic N) is 1. The maximum Gasteiger partial charge on any atom is 0.308 e. The largest absolute Gasteiger partial charge is 0.481 e. The van der Waals surface area contributed by atoms with Gasteiger partial charge in [-0.15, -0.1) is 0 Å². The van der Waals surface area contributed by atoms with E-state index >= 15 is 0 Å². The minimum atomic E-state index is -0.760. The third-order valence-electron chi connectivity index (χ3n) is 4.79. The standard InChI is InChI=1S/C14H23NO3/c1-2-14(7-3-4-8-14)10-15-9-11(13(17)18)5-6-12(15)16/h11H,2-10H2,1H3,(H,17,18). The number of piperidine rings is 1. The van der Waals surface area contributed by atoms with Crippen molar-refractivity contribution in [3.8, 4) is 0 Å². The Balaban J connectivity index is 2.01. The van der Waals surface area contributed by atoms with E-state index in [2.05, 4.69) is 6.92 Å². The van der Waals surface area contributed by atoms with Crippen molar-refractivity contribution in [1.82, 2.24) is 4.90 Å².